The van der Waals surface area contributed by atoms with Crippen molar-refractivity contribution in [3.05, 3.63) is 55.8 Å². The minimum absolute atomic E-state index is 0.194. The molecule has 0 radical (unpaired) electrons. The fourth-order valence-corrected chi connectivity index (χ4v) is 3.99. The molecular weight excluding hydrogens is 252 g/mol. The summed E-state index contributed by atoms with van der Waals surface area (Å²) in [7, 11) is 0. The molecule has 0 N–H and O–H groups in total. The minimum atomic E-state index is 0.194. The lowest BCUT2D eigenvalue weighted by atomic mass is 9.97. The lowest BCUT2D eigenvalue weighted by Crippen LogP contribution is -2.03. The molecule has 0 saturated heterocycles. The molecule has 2 aromatic rings. The van der Waals surface area contributed by atoms with Gasteiger partial charge in [-0.3, -0.25) is 4.79 Å². The summed E-state index contributed by atoms with van der Waals surface area (Å²) in [4.78, 5) is 15.0. The highest BCUT2D eigenvalue weighted by Gasteiger charge is 2.20. The summed E-state index contributed by atoms with van der Waals surface area (Å²) in [5.74, 6) is 0.194. The Kier molecular flexibility index (Phi) is 3.06. The van der Waals surface area contributed by atoms with Crippen LogP contribution in [0.5, 0.6) is 0 Å². The third kappa shape index (κ3) is 2.14. The van der Waals surface area contributed by atoms with E-state index in [1.807, 2.05) is 13.0 Å². The normalized spacial score (nSPS) is 13.6. The molecular formula is C17H18OS. The number of ketones is 1. The lowest BCUT2D eigenvalue weighted by Gasteiger charge is -2.08. The van der Waals surface area contributed by atoms with Crippen molar-refractivity contribution in [2.45, 2.75) is 40.0 Å². The topological polar surface area (TPSA) is 17.1 Å². The van der Waals surface area contributed by atoms with Gasteiger partial charge in [0, 0.05) is 10.4 Å². The first-order valence-corrected chi connectivity index (χ1v) is 7.62. The van der Waals surface area contributed by atoms with Crippen molar-refractivity contribution < 1.29 is 4.79 Å². The van der Waals surface area contributed by atoms with E-state index in [1.165, 1.54) is 28.0 Å². The van der Waals surface area contributed by atoms with Crippen LogP contribution in [-0.2, 0) is 12.8 Å². The summed E-state index contributed by atoms with van der Waals surface area (Å²) in [6.07, 6.45) is 3.54. The molecule has 1 heterocycles. The SMILES string of the molecule is Cc1cc(C)c(C(=O)c2cc3c(s2)CCC3)cc1C. The Labute approximate surface area is 118 Å². The average Bonchev–Trinajstić information content (AvgIpc) is 2.93. The molecule has 0 amide bonds. The van der Waals surface area contributed by atoms with Gasteiger partial charge in [0.1, 0.15) is 0 Å². The van der Waals surface area contributed by atoms with Gasteiger partial charge in [0.25, 0.3) is 0 Å². The van der Waals surface area contributed by atoms with Crippen molar-refractivity contribution in [3.63, 3.8) is 0 Å². The number of hydrogen-bond donors (Lipinski definition) is 0. The van der Waals surface area contributed by atoms with Gasteiger partial charge >= 0.3 is 0 Å². The Hall–Kier alpha value is -1.41. The number of aryl methyl sites for hydroxylation is 5. The molecule has 2 heteroatoms. The van der Waals surface area contributed by atoms with Crippen LogP contribution in [-0.4, -0.2) is 5.78 Å². The van der Waals surface area contributed by atoms with Gasteiger partial charge in [-0.1, -0.05) is 6.07 Å². The van der Waals surface area contributed by atoms with Crippen LogP contribution >= 0.6 is 11.3 Å². The van der Waals surface area contributed by atoms with Crippen LogP contribution in [0.1, 0.15) is 48.8 Å². The number of fused-ring (bicyclic) bond motifs is 1. The quantitative estimate of drug-likeness (QED) is 0.740. The van der Waals surface area contributed by atoms with Gasteiger partial charge in [-0.15, -0.1) is 11.3 Å². The van der Waals surface area contributed by atoms with Crippen molar-refractivity contribution in [1.29, 1.82) is 0 Å². The maximum Gasteiger partial charge on any atom is 0.203 e. The molecule has 1 aromatic heterocycles. The van der Waals surface area contributed by atoms with E-state index in [0.717, 1.165) is 28.8 Å². The van der Waals surface area contributed by atoms with Gasteiger partial charge in [-0.05, 0) is 74.4 Å². The summed E-state index contributed by atoms with van der Waals surface area (Å²) in [5.41, 5.74) is 5.79. The molecule has 98 valence electrons. The van der Waals surface area contributed by atoms with E-state index in [-0.39, 0.29) is 5.78 Å². The van der Waals surface area contributed by atoms with E-state index in [9.17, 15) is 4.79 Å². The molecule has 0 fully saturated rings. The summed E-state index contributed by atoms with van der Waals surface area (Å²) < 4.78 is 0. The minimum Gasteiger partial charge on any atom is -0.288 e. The highest BCUT2D eigenvalue weighted by Crippen LogP contribution is 2.32. The Bertz CT molecular complexity index is 643. The first-order valence-electron chi connectivity index (χ1n) is 6.80. The second-order valence-electron chi connectivity index (χ2n) is 5.49. The predicted octanol–water partition coefficient (Wildman–Crippen LogP) is 4.39. The first kappa shape index (κ1) is 12.6. The van der Waals surface area contributed by atoms with Gasteiger partial charge in [-0.25, -0.2) is 0 Å². The van der Waals surface area contributed by atoms with Gasteiger partial charge < -0.3 is 0 Å². The summed E-state index contributed by atoms with van der Waals surface area (Å²) in [6, 6.07) is 6.27. The summed E-state index contributed by atoms with van der Waals surface area (Å²) in [5, 5.41) is 0. The van der Waals surface area contributed by atoms with Crippen LogP contribution in [0.3, 0.4) is 0 Å². The predicted molar refractivity (Wildman–Crippen MR) is 80.4 cm³/mol. The number of benzene rings is 1. The average molecular weight is 270 g/mol. The molecule has 1 aliphatic rings. The maximum absolute atomic E-state index is 12.6. The van der Waals surface area contributed by atoms with E-state index >= 15 is 0 Å². The fraction of sp³-hybridized carbons (Fsp3) is 0.353. The maximum atomic E-state index is 12.6. The first-order chi connectivity index (χ1) is 9.06. The molecule has 0 atom stereocenters. The largest absolute Gasteiger partial charge is 0.288 e. The third-order valence-electron chi connectivity index (χ3n) is 4.06. The van der Waals surface area contributed by atoms with Gasteiger partial charge in [0.05, 0.1) is 4.88 Å². The monoisotopic (exact) mass is 270 g/mol. The van der Waals surface area contributed by atoms with Crippen LogP contribution in [0.4, 0.5) is 0 Å². The van der Waals surface area contributed by atoms with Crippen LogP contribution in [0.15, 0.2) is 18.2 Å². The molecule has 1 nitrogen and oxygen atoms in total. The standard InChI is InChI=1S/C17H18OS/c1-10-7-12(3)14(8-11(10)2)17(18)16-9-13-5-4-6-15(13)19-16/h7-9H,4-6H2,1-3H3. The third-order valence-corrected chi connectivity index (χ3v) is 5.29. The molecule has 19 heavy (non-hydrogen) atoms. The fourth-order valence-electron chi connectivity index (χ4n) is 2.78. The number of hydrogen-bond acceptors (Lipinski definition) is 2. The van der Waals surface area contributed by atoms with Crippen molar-refractivity contribution in [2.75, 3.05) is 0 Å². The molecule has 0 aliphatic heterocycles. The summed E-state index contributed by atoms with van der Waals surface area (Å²) >= 11 is 1.69. The van der Waals surface area contributed by atoms with Gasteiger partial charge in [0.2, 0.25) is 5.78 Å². The number of rotatable bonds is 2. The zero-order chi connectivity index (χ0) is 13.6. The molecule has 0 saturated carbocycles. The molecule has 1 aliphatic carbocycles. The van der Waals surface area contributed by atoms with Crippen molar-refractivity contribution >= 4 is 17.1 Å². The second kappa shape index (κ2) is 4.61. The molecule has 0 bridgehead atoms. The highest BCUT2D eigenvalue weighted by atomic mass is 32.1. The van der Waals surface area contributed by atoms with Crippen LogP contribution in [0.25, 0.3) is 0 Å². The van der Waals surface area contributed by atoms with E-state index < -0.39 is 0 Å². The second-order valence-corrected chi connectivity index (χ2v) is 6.63. The number of thiophene rings is 1. The van der Waals surface area contributed by atoms with E-state index in [0.29, 0.717) is 0 Å². The van der Waals surface area contributed by atoms with Crippen LogP contribution in [0, 0.1) is 20.8 Å². The van der Waals surface area contributed by atoms with Gasteiger partial charge in [0.15, 0.2) is 0 Å². The Morgan fingerprint density at radius 3 is 2.47 bits per heavy atom. The Balaban J connectivity index is 2.01. The van der Waals surface area contributed by atoms with Crippen LogP contribution < -0.4 is 0 Å². The van der Waals surface area contributed by atoms with Gasteiger partial charge in [-0.2, -0.15) is 0 Å². The zero-order valence-corrected chi connectivity index (χ0v) is 12.5. The molecule has 0 spiro atoms. The highest BCUT2D eigenvalue weighted by molar-refractivity contribution is 7.14. The molecule has 1 aromatic carbocycles. The van der Waals surface area contributed by atoms with Crippen molar-refractivity contribution in [1.82, 2.24) is 0 Å². The lowest BCUT2D eigenvalue weighted by molar-refractivity contribution is 0.104. The Morgan fingerprint density at radius 1 is 1.00 bits per heavy atom. The number of carbonyl (C=O) groups excluding carboxylic acids is 1. The van der Waals surface area contributed by atoms with E-state index in [4.69, 9.17) is 0 Å². The van der Waals surface area contributed by atoms with E-state index in [2.05, 4.69) is 26.0 Å². The summed E-state index contributed by atoms with van der Waals surface area (Å²) in [6.45, 7) is 6.19. The zero-order valence-electron chi connectivity index (χ0n) is 11.7. The van der Waals surface area contributed by atoms with Crippen LogP contribution in [0.2, 0.25) is 0 Å². The molecule has 3 rings (SSSR count). The molecule has 0 unspecified atom stereocenters. The van der Waals surface area contributed by atoms with Crippen molar-refractivity contribution in [2.24, 2.45) is 0 Å². The smallest absolute Gasteiger partial charge is 0.203 e. The Morgan fingerprint density at radius 2 is 1.74 bits per heavy atom. The van der Waals surface area contributed by atoms with Crippen molar-refractivity contribution in [3.8, 4) is 0 Å². The number of carbonyl (C=O) groups is 1. The van der Waals surface area contributed by atoms with E-state index in [1.54, 1.807) is 11.3 Å².